The van der Waals surface area contributed by atoms with Crippen LogP contribution < -0.4 is 10.5 Å². The summed E-state index contributed by atoms with van der Waals surface area (Å²) in [4.78, 5) is 0. The molecule has 100 valence electrons. The average Bonchev–Trinajstić information content (AvgIpc) is 2.25. The highest BCUT2D eigenvalue weighted by molar-refractivity contribution is 5.52. The van der Waals surface area contributed by atoms with Crippen LogP contribution in [0.1, 0.15) is 16.7 Å². The molecule has 19 heavy (non-hydrogen) atoms. The zero-order valence-corrected chi connectivity index (χ0v) is 10.8. The average molecular weight is 263 g/mol. The topological polar surface area (TPSA) is 35.2 Å². The van der Waals surface area contributed by atoms with Crippen molar-refractivity contribution < 1.29 is 13.5 Å². The minimum atomic E-state index is -0.607. The molecule has 0 heterocycles. The van der Waals surface area contributed by atoms with E-state index in [1.807, 2.05) is 13.8 Å². The van der Waals surface area contributed by atoms with E-state index in [0.29, 0.717) is 17.0 Å². The maximum Gasteiger partial charge on any atom is 0.126 e. The Bertz CT molecular complexity index is 568. The van der Waals surface area contributed by atoms with Gasteiger partial charge in [-0.15, -0.1) is 0 Å². The molecule has 0 bridgehead atoms. The van der Waals surface area contributed by atoms with E-state index in [0.717, 1.165) is 17.2 Å². The van der Waals surface area contributed by atoms with Crippen molar-refractivity contribution in [3.8, 4) is 5.75 Å². The van der Waals surface area contributed by atoms with Gasteiger partial charge in [-0.1, -0.05) is 0 Å². The third kappa shape index (κ3) is 3.22. The van der Waals surface area contributed by atoms with E-state index in [4.69, 9.17) is 10.5 Å². The molecule has 4 heteroatoms. The summed E-state index contributed by atoms with van der Waals surface area (Å²) in [5.41, 5.74) is 8.63. The van der Waals surface area contributed by atoms with Crippen LogP contribution in [-0.4, -0.2) is 0 Å². The van der Waals surface area contributed by atoms with Gasteiger partial charge >= 0.3 is 0 Å². The summed E-state index contributed by atoms with van der Waals surface area (Å²) in [7, 11) is 0. The molecular weight excluding hydrogens is 248 g/mol. The molecule has 2 aromatic rings. The highest BCUT2D eigenvalue weighted by Gasteiger charge is 2.07. The number of nitrogens with two attached hydrogens (primary N) is 1. The van der Waals surface area contributed by atoms with Crippen LogP contribution in [0.3, 0.4) is 0 Å². The Morgan fingerprint density at radius 1 is 0.947 bits per heavy atom. The number of halogens is 2. The monoisotopic (exact) mass is 263 g/mol. The molecule has 0 aromatic heterocycles. The van der Waals surface area contributed by atoms with E-state index in [-0.39, 0.29) is 6.61 Å². The molecule has 0 fully saturated rings. The fraction of sp³-hybridized carbons (Fsp3) is 0.200. The molecule has 2 aromatic carbocycles. The fourth-order valence-corrected chi connectivity index (χ4v) is 2.06. The second-order valence-electron chi connectivity index (χ2n) is 4.55. The Kier molecular flexibility index (Phi) is 3.69. The second kappa shape index (κ2) is 5.26. The van der Waals surface area contributed by atoms with Gasteiger partial charge in [-0.05, 0) is 54.8 Å². The molecule has 2 nitrogen and oxygen atoms in total. The van der Waals surface area contributed by atoms with E-state index >= 15 is 0 Å². The summed E-state index contributed by atoms with van der Waals surface area (Å²) >= 11 is 0. The molecule has 0 saturated heterocycles. The summed E-state index contributed by atoms with van der Waals surface area (Å²) in [6, 6.07) is 6.95. The Balaban J connectivity index is 2.19. The number of anilines is 1. The van der Waals surface area contributed by atoms with Crippen LogP contribution in [-0.2, 0) is 6.61 Å². The standard InChI is InChI=1S/C15H15F2NO/c1-9-3-14(18)4-10(2)15(9)19-8-11-5-12(16)7-13(17)6-11/h3-7H,8,18H2,1-2H3. The van der Waals surface area contributed by atoms with Crippen LogP contribution in [0.15, 0.2) is 30.3 Å². The van der Waals surface area contributed by atoms with Crippen molar-refractivity contribution in [2.45, 2.75) is 20.5 Å². The van der Waals surface area contributed by atoms with Gasteiger partial charge in [-0.25, -0.2) is 8.78 Å². The zero-order chi connectivity index (χ0) is 14.0. The molecule has 0 unspecified atom stereocenters. The van der Waals surface area contributed by atoms with Crippen molar-refractivity contribution in [3.63, 3.8) is 0 Å². The quantitative estimate of drug-likeness (QED) is 0.856. The molecular formula is C15H15F2NO. The molecule has 0 atom stereocenters. The zero-order valence-electron chi connectivity index (χ0n) is 10.8. The van der Waals surface area contributed by atoms with E-state index in [9.17, 15) is 8.78 Å². The number of aryl methyl sites for hydroxylation is 2. The Labute approximate surface area is 110 Å². The van der Waals surface area contributed by atoms with Crippen molar-refractivity contribution in [2.75, 3.05) is 5.73 Å². The van der Waals surface area contributed by atoms with Gasteiger partial charge in [0.15, 0.2) is 0 Å². The van der Waals surface area contributed by atoms with Gasteiger partial charge in [0.25, 0.3) is 0 Å². The lowest BCUT2D eigenvalue weighted by atomic mass is 10.1. The first-order valence-corrected chi connectivity index (χ1v) is 5.90. The number of nitrogen functional groups attached to an aromatic ring is 1. The summed E-state index contributed by atoms with van der Waals surface area (Å²) in [6.07, 6.45) is 0. The lowest BCUT2D eigenvalue weighted by Crippen LogP contribution is -2.01. The Hall–Kier alpha value is -2.10. The van der Waals surface area contributed by atoms with Crippen LogP contribution in [0.5, 0.6) is 5.75 Å². The molecule has 2 N–H and O–H groups in total. The Morgan fingerprint density at radius 3 is 2.00 bits per heavy atom. The highest BCUT2D eigenvalue weighted by Crippen LogP contribution is 2.26. The maximum absolute atomic E-state index is 13.1. The highest BCUT2D eigenvalue weighted by atomic mass is 19.1. The van der Waals surface area contributed by atoms with Crippen LogP contribution in [0.2, 0.25) is 0 Å². The molecule has 0 amide bonds. The maximum atomic E-state index is 13.1. The van der Waals surface area contributed by atoms with Gasteiger partial charge < -0.3 is 10.5 Å². The number of hydrogen-bond donors (Lipinski definition) is 1. The largest absolute Gasteiger partial charge is 0.488 e. The summed E-state index contributed by atoms with van der Waals surface area (Å²) in [5.74, 6) is -0.521. The predicted molar refractivity (Wildman–Crippen MR) is 71.0 cm³/mol. The van der Waals surface area contributed by atoms with Crippen LogP contribution in [0.4, 0.5) is 14.5 Å². The van der Waals surface area contributed by atoms with Crippen LogP contribution in [0.25, 0.3) is 0 Å². The van der Waals surface area contributed by atoms with E-state index < -0.39 is 11.6 Å². The molecule has 0 aliphatic rings. The second-order valence-corrected chi connectivity index (χ2v) is 4.55. The number of hydrogen-bond acceptors (Lipinski definition) is 2. The van der Waals surface area contributed by atoms with Gasteiger partial charge in [0.2, 0.25) is 0 Å². The molecule has 0 aliphatic carbocycles. The van der Waals surface area contributed by atoms with Crippen LogP contribution >= 0.6 is 0 Å². The van der Waals surface area contributed by atoms with Gasteiger partial charge in [0.05, 0.1) is 0 Å². The molecule has 2 rings (SSSR count). The first-order valence-electron chi connectivity index (χ1n) is 5.90. The smallest absolute Gasteiger partial charge is 0.126 e. The van der Waals surface area contributed by atoms with Crippen molar-refractivity contribution in [1.29, 1.82) is 0 Å². The summed E-state index contributed by atoms with van der Waals surface area (Å²) in [5, 5.41) is 0. The SMILES string of the molecule is Cc1cc(N)cc(C)c1OCc1cc(F)cc(F)c1. The van der Waals surface area contributed by atoms with Crippen molar-refractivity contribution in [3.05, 3.63) is 58.7 Å². The van der Waals surface area contributed by atoms with Gasteiger partial charge in [0, 0.05) is 11.8 Å². The van der Waals surface area contributed by atoms with Crippen molar-refractivity contribution in [2.24, 2.45) is 0 Å². The minimum Gasteiger partial charge on any atom is -0.488 e. The van der Waals surface area contributed by atoms with E-state index in [1.54, 1.807) is 12.1 Å². The molecule has 0 radical (unpaired) electrons. The lowest BCUT2D eigenvalue weighted by molar-refractivity contribution is 0.300. The van der Waals surface area contributed by atoms with E-state index in [2.05, 4.69) is 0 Å². The molecule has 0 spiro atoms. The Morgan fingerprint density at radius 2 is 1.47 bits per heavy atom. The summed E-state index contributed by atoms with van der Waals surface area (Å²) in [6.45, 7) is 3.87. The normalized spacial score (nSPS) is 10.5. The van der Waals surface area contributed by atoms with Crippen molar-refractivity contribution in [1.82, 2.24) is 0 Å². The predicted octanol–water partition coefficient (Wildman–Crippen LogP) is 3.74. The third-order valence-corrected chi connectivity index (χ3v) is 2.79. The fourth-order valence-electron chi connectivity index (χ4n) is 2.06. The van der Waals surface area contributed by atoms with Crippen molar-refractivity contribution >= 4 is 5.69 Å². The summed E-state index contributed by atoms with van der Waals surface area (Å²) < 4.78 is 31.7. The van der Waals surface area contributed by atoms with Gasteiger partial charge in [-0.3, -0.25) is 0 Å². The van der Waals surface area contributed by atoms with Gasteiger partial charge in [0.1, 0.15) is 24.0 Å². The van der Waals surface area contributed by atoms with Gasteiger partial charge in [-0.2, -0.15) is 0 Å². The molecule has 0 aliphatic heterocycles. The molecule has 0 saturated carbocycles. The number of benzene rings is 2. The lowest BCUT2D eigenvalue weighted by Gasteiger charge is -2.13. The van der Waals surface area contributed by atoms with Crippen LogP contribution in [0, 0.1) is 25.5 Å². The van der Waals surface area contributed by atoms with E-state index in [1.165, 1.54) is 12.1 Å². The number of rotatable bonds is 3. The number of ether oxygens (including phenoxy) is 1. The third-order valence-electron chi connectivity index (χ3n) is 2.79. The first kappa shape index (κ1) is 13.3. The first-order chi connectivity index (χ1) is 8.95. The minimum absolute atomic E-state index is 0.111.